The van der Waals surface area contributed by atoms with E-state index in [1.165, 1.54) is 5.56 Å². The second-order valence-electron chi connectivity index (χ2n) is 6.28. The largest absolute Gasteiger partial charge is 0.337 e. The second kappa shape index (κ2) is 6.18. The van der Waals surface area contributed by atoms with Crippen LogP contribution in [0.25, 0.3) is 0 Å². The Labute approximate surface area is 135 Å². The predicted octanol–water partition coefficient (Wildman–Crippen LogP) is 2.54. The lowest BCUT2D eigenvalue weighted by atomic mass is 9.90. The van der Waals surface area contributed by atoms with Crippen LogP contribution >= 0.6 is 11.3 Å². The van der Waals surface area contributed by atoms with Gasteiger partial charge < -0.3 is 10.6 Å². The van der Waals surface area contributed by atoms with Crippen molar-refractivity contribution in [1.82, 2.24) is 9.88 Å². The monoisotopic (exact) mass is 315 g/mol. The van der Waals surface area contributed by atoms with Crippen LogP contribution in [-0.4, -0.2) is 35.4 Å². The van der Waals surface area contributed by atoms with Crippen LogP contribution < -0.4 is 5.73 Å². The molecule has 22 heavy (non-hydrogen) atoms. The van der Waals surface area contributed by atoms with Crippen molar-refractivity contribution in [3.05, 3.63) is 52.0 Å². The zero-order valence-electron chi connectivity index (χ0n) is 12.8. The van der Waals surface area contributed by atoms with E-state index >= 15 is 0 Å². The summed E-state index contributed by atoms with van der Waals surface area (Å²) in [4.78, 5) is 18.9. The molecule has 4 nitrogen and oxygen atoms in total. The molecule has 3 rings (SSSR count). The summed E-state index contributed by atoms with van der Waals surface area (Å²) in [6, 6.07) is 10.2. The van der Waals surface area contributed by atoms with E-state index < -0.39 is 0 Å². The molecule has 0 aliphatic carbocycles. The zero-order chi connectivity index (χ0) is 15.6. The van der Waals surface area contributed by atoms with Crippen molar-refractivity contribution in [2.24, 2.45) is 11.1 Å². The number of carbonyl (C=O) groups is 1. The summed E-state index contributed by atoms with van der Waals surface area (Å²) >= 11 is 1.55. The molecule has 2 N–H and O–H groups in total. The highest BCUT2D eigenvalue weighted by atomic mass is 32.1. The molecule has 1 aromatic carbocycles. The third-order valence-corrected chi connectivity index (χ3v) is 5.16. The summed E-state index contributed by atoms with van der Waals surface area (Å²) in [6.07, 6.45) is 1.75. The molecule has 2 aromatic rings. The molecule has 1 unspecified atom stereocenters. The molecule has 1 aliphatic rings. The zero-order valence-corrected chi connectivity index (χ0v) is 13.6. The fraction of sp³-hybridized carbons (Fsp3) is 0.412. The van der Waals surface area contributed by atoms with Crippen LogP contribution in [0, 0.1) is 5.41 Å². The number of carbonyl (C=O) groups excluding carboxylic acids is 1. The topological polar surface area (TPSA) is 59.2 Å². The molecule has 1 amide bonds. The number of amides is 1. The van der Waals surface area contributed by atoms with Crippen molar-refractivity contribution < 1.29 is 4.79 Å². The number of nitrogens with two attached hydrogens (primary N) is 1. The van der Waals surface area contributed by atoms with Crippen LogP contribution in [0.5, 0.6) is 0 Å². The van der Waals surface area contributed by atoms with Crippen molar-refractivity contribution in [3.8, 4) is 0 Å². The van der Waals surface area contributed by atoms with Gasteiger partial charge in [-0.15, -0.1) is 11.3 Å². The Hall–Kier alpha value is -1.72. The molecule has 1 atom stereocenters. The smallest absolute Gasteiger partial charge is 0.273 e. The van der Waals surface area contributed by atoms with Gasteiger partial charge in [0.05, 0.1) is 5.01 Å². The van der Waals surface area contributed by atoms with Gasteiger partial charge >= 0.3 is 0 Å². The number of hydrogen-bond acceptors (Lipinski definition) is 4. The molecule has 0 saturated carbocycles. The number of benzene rings is 1. The fourth-order valence-electron chi connectivity index (χ4n) is 2.79. The summed E-state index contributed by atoms with van der Waals surface area (Å²) < 4.78 is 0. The van der Waals surface area contributed by atoms with Crippen LogP contribution in [0.1, 0.15) is 34.4 Å². The van der Waals surface area contributed by atoms with E-state index in [4.69, 9.17) is 5.73 Å². The molecule has 1 fully saturated rings. The Kier molecular flexibility index (Phi) is 4.27. The van der Waals surface area contributed by atoms with E-state index in [1.807, 2.05) is 28.5 Å². The van der Waals surface area contributed by atoms with E-state index in [-0.39, 0.29) is 11.3 Å². The minimum Gasteiger partial charge on any atom is -0.337 e. The molecule has 1 saturated heterocycles. The Morgan fingerprint density at radius 2 is 2.18 bits per heavy atom. The maximum absolute atomic E-state index is 12.5. The summed E-state index contributed by atoms with van der Waals surface area (Å²) in [5, 5.41) is 2.86. The highest BCUT2D eigenvalue weighted by Crippen LogP contribution is 2.29. The number of rotatable bonds is 4. The van der Waals surface area contributed by atoms with Gasteiger partial charge in [0.25, 0.3) is 5.91 Å². The average Bonchev–Trinajstić information content (AvgIpc) is 3.15. The maximum atomic E-state index is 12.5. The van der Waals surface area contributed by atoms with Gasteiger partial charge in [-0.2, -0.15) is 0 Å². The summed E-state index contributed by atoms with van der Waals surface area (Å²) in [5.74, 6) is 0.0349. The lowest BCUT2D eigenvalue weighted by Crippen LogP contribution is -2.34. The van der Waals surface area contributed by atoms with Crippen molar-refractivity contribution in [2.75, 3.05) is 19.6 Å². The molecule has 1 aliphatic heterocycles. The van der Waals surface area contributed by atoms with Crippen molar-refractivity contribution in [1.29, 1.82) is 0 Å². The van der Waals surface area contributed by atoms with Crippen LogP contribution in [0.4, 0.5) is 0 Å². The van der Waals surface area contributed by atoms with Gasteiger partial charge in [0, 0.05) is 24.9 Å². The molecule has 2 heterocycles. The van der Waals surface area contributed by atoms with Crippen molar-refractivity contribution in [2.45, 2.75) is 19.8 Å². The van der Waals surface area contributed by atoms with Crippen LogP contribution in [0.2, 0.25) is 0 Å². The first kappa shape index (κ1) is 15.2. The third-order valence-electron chi connectivity index (χ3n) is 4.31. The SMILES string of the molecule is CC1(CN)CCN(C(=O)c2csc(Cc3ccccc3)n2)C1. The minimum atomic E-state index is 0.0349. The summed E-state index contributed by atoms with van der Waals surface area (Å²) in [5.41, 5.74) is 7.64. The first-order chi connectivity index (χ1) is 10.6. The Morgan fingerprint density at radius 3 is 2.86 bits per heavy atom. The van der Waals surface area contributed by atoms with Gasteiger partial charge in [-0.25, -0.2) is 4.98 Å². The lowest BCUT2D eigenvalue weighted by molar-refractivity contribution is 0.0771. The predicted molar refractivity (Wildman–Crippen MR) is 89.0 cm³/mol. The van der Waals surface area contributed by atoms with Gasteiger partial charge in [0.1, 0.15) is 5.69 Å². The van der Waals surface area contributed by atoms with E-state index in [1.54, 1.807) is 11.3 Å². The van der Waals surface area contributed by atoms with Gasteiger partial charge in [0.2, 0.25) is 0 Å². The highest BCUT2D eigenvalue weighted by molar-refractivity contribution is 7.09. The van der Waals surface area contributed by atoms with Gasteiger partial charge in [-0.1, -0.05) is 37.3 Å². The highest BCUT2D eigenvalue weighted by Gasteiger charge is 2.35. The van der Waals surface area contributed by atoms with Crippen LogP contribution in [0.15, 0.2) is 35.7 Å². The van der Waals surface area contributed by atoms with E-state index in [0.717, 1.165) is 30.9 Å². The summed E-state index contributed by atoms with van der Waals surface area (Å²) in [7, 11) is 0. The maximum Gasteiger partial charge on any atom is 0.273 e. The molecule has 0 bridgehead atoms. The molecule has 0 spiro atoms. The van der Waals surface area contributed by atoms with Gasteiger partial charge in [0.15, 0.2) is 0 Å². The number of aromatic nitrogens is 1. The van der Waals surface area contributed by atoms with Gasteiger partial charge in [-0.3, -0.25) is 4.79 Å². The average molecular weight is 315 g/mol. The normalized spacial score (nSPS) is 21.3. The first-order valence-electron chi connectivity index (χ1n) is 7.57. The van der Waals surface area contributed by atoms with Gasteiger partial charge in [-0.05, 0) is 23.9 Å². The number of likely N-dealkylation sites (tertiary alicyclic amines) is 1. The second-order valence-corrected chi connectivity index (χ2v) is 7.22. The molecular formula is C17H21N3OS. The molecule has 0 radical (unpaired) electrons. The third kappa shape index (κ3) is 3.20. The quantitative estimate of drug-likeness (QED) is 0.943. The Bertz CT molecular complexity index is 655. The molecular weight excluding hydrogens is 294 g/mol. The fourth-order valence-corrected chi connectivity index (χ4v) is 3.59. The number of hydrogen-bond donors (Lipinski definition) is 1. The van der Waals surface area contributed by atoms with Crippen molar-refractivity contribution >= 4 is 17.2 Å². The number of thiazole rings is 1. The van der Waals surface area contributed by atoms with E-state index in [9.17, 15) is 4.79 Å². The lowest BCUT2D eigenvalue weighted by Gasteiger charge is -2.22. The van der Waals surface area contributed by atoms with Crippen molar-refractivity contribution in [3.63, 3.8) is 0 Å². The molecule has 5 heteroatoms. The Morgan fingerprint density at radius 1 is 1.41 bits per heavy atom. The summed E-state index contributed by atoms with van der Waals surface area (Å²) in [6.45, 7) is 4.27. The van der Waals surface area contributed by atoms with E-state index in [2.05, 4.69) is 24.0 Å². The van der Waals surface area contributed by atoms with Crippen LogP contribution in [-0.2, 0) is 6.42 Å². The first-order valence-corrected chi connectivity index (χ1v) is 8.45. The molecule has 116 valence electrons. The van der Waals surface area contributed by atoms with Crippen LogP contribution in [0.3, 0.4) is 0 Å². The number of nitrogens with zero attached hydrogens (tertiary/aromatic N) is 2. The Balaban J connectivity index is 1.67. The van der Waals surface area contributed by atoms with E-state index in [0.29, 0.717) is 12.2 Å². The molecule has 1 aromatic heterocycles. The standard InChI is InChI=1S/C17H21N3OS/c1-17(11-18)7-8-20(12-17)16(21)14-10-22-15(19-14)9-13-5-3-2-4-6-13/h2-6,10H,7-9,11-12,18H2,1H3. The minimum absolute atomic E-state index is 0.0349.